The van der Waals surface area contributed by atoms with Gasteiger partial charge in [-0.05, 0) is 26.3 Å². The number of nitrogens with two attached hydrogens (primary N) is 1. The van der Waals surface area contributed by atoms with Gasteiger partial charge in [-0.1, -0.05) is 0 Å². The van der Waals surface area contributed by atoms with Gasteiger partial charge in [0.25, 0.3) is 11.8 Å². The standard InChI is InChI=1S/C17H20N4O6S/c1-5-26-16(24)10-7-9(20-21(10)4)14(23)19-15-11(17(25)27-6-2)8(3)12(28-15)13(18)22/h7H,5-6H2,1-4H3,(H2,18,22)(H,19,23). The lowest BCUT2D eigenvalue weighted by molar-refractivity contribution is 0.0508. The van der Waals surface area contributed by atoms with E-state index in [1.807, 2.05) is 0 Å². The van der Waals surface area contributed by atoms with Gasteiger partial charge in [-0.15, -0.1) is 11.3 Å². The van der Waals surface area contributed by atoms with Crippen molar-refractivity contribution in [1.82, 2.24) is 9.78 Å². The van der Waals surface area contributed by atoms with Crippen LogP contribution in [0.25, 0.3) is 0 Å². The molecule has 0 aliphatic carbocycles. The summed E-state index contributed by atoms with van der Waals surface area (Å²) in [5.41, 5.74) is 5.74. The molecule has 0 unspecified atom stereocenters. The molecule has 0 bridgehead atoms. The van der Waals surface area contributed by atoms with E-state index in [1.165, 1.54) is 24.7 Å². The molecule has 2 rings (SSSR count). The van der Waals surface area contributed by atoms with Crippen molar-refractivity contribution in [1.29, 1.82) is 0 Å². The molecule has 2 amide bonds. The number of anilines is 1. The lowest BCUT2D eigenvalue weighted by Crippen LogP contribution is -2.15. The normalized spacial score (nSPS) is 10.4. The zero-order valence-corrected chi connectivity index (χ0v) is 16.6. The predicted molar refractivity (Wildman–Crippen MR) is 101 cm³/mol. The van der Waals surface area contributed by atoms with E-state index in [-0.39, 0.29) is 40.0 Å². The fourth-order valence-corrected chi connectivity index (χ4v) is 3.47. The quantitative estimate of drug-likeness (QED) is 0.661. The fourth-order valence-electron chi connectivity index (χ4n) is 2.43. The van der Waals surface area contributed by atoms with E-state index in [0.29, 0.717) is 5.56 Å². The van der Waals surface area contributed by atoms with Gasteiger partial charge in [-0.2, -0.15) is 5.10 Å². The maximum atomic E-state index is 12.6. The summed E-state index contributed by atoms with van der Waals surface area (Å²) in [4.78, 5) is 48.5. The van der Waals surface area contributed by atoms with E-state index in [2.05, 4.69) is 10.4 Å². The number of ether oxygens (including phenoxy) is 2. The monoisotopic (exact) mass is 408 g/mol. The first-order chi connectivity index (χ1) is 13.2. The molecule has 0 saturated heterocycles. The molecule has 3 N–H and O–H groups in total. The minimum absolute atomic E-state index is 0.0514. The Morgan fingerprint density at radius 3 is 2.36 bits per heavy atom. The first kappa shape index (κ1) is 21.1. The Kier molecular flexibility index (Phi) is 6.52. The van der Waals surface area contributed by atoms with E-state index in [9.17, 15) is 19.2 Å². The second-order valence-corrected chi connectivity index (χ2v) is 6.58. The molecule has 0 radical (unpaired) electrons. The number of carbonyl (C=O) groups excluding carboxylic acids is 4. The second-order valence-electron chi connectivity index (χ2n) is 5.56. The fraction of sp³-hybridized carbons (Fsp3) is 0.353. The molecule has 11 heteroatoms. The molecular weight excluding hydrogens is 388 g/mol. The molecule has 0 aromatic carbocycles. The molecule has 2 heterocycles. The Morgan fingerprint density at radius 1 is 1.18 bits per heavy atom. The maximum Gasteiger partial charge on any atom is 0.356 e. The lowest BCUT2D eigenvalue weighted by Gasteiger charge is -2.06. The van der Waals surface area contributed by atoms with Crippen molar-refractivity contribution in [3.63, 3.8) is 0 Å². The number of aromatic nitrogens is 2. The molecule has 0 aliphatic rings. The number of hydrogen-bond donors (Lipinski definition) is 2. The van der Waals surface area contributed by atoms with Gasteiger partial charge in [0.2, 0.25) is 0 Å². The van der Waals surface area contributed by atoms with Crippen molar-refractivity contribution >= 4 is 40.1 Å². The van der Waals surface area contributed by atoms with Crippen molar-refractivity contribution in [3.05, 3.63) is 33.5 Å². The second kappa shape index (κ2) is 8.65. The highest BCUT2D eigenvalue weighted by Gasteiger charge is 2.27. The van der Waals surface area contributed by atoms with Crippen LogP contribution >= 0.6 is 11.3 Å². The smallest absolute Gasteiger partial charge is 0.356 e. The summed E-state index contributed by atoms with van der Waals surface area (Å²) in [6.45, 7) is 5.14. The van der Waals surface area contributed by atoms with Crippen LogP contribution in [0.1, 0.15) is 60.4 Å². The van der Waals surface area contributed by atoms with Crippen LogP contribution in [0.15, 0.2) is 6.07 Å². The molecule has 0 aliphatic heterocycles. The number of amides is 2. The zero-order chi connectivity index (χ0) is 21.0. The van der Waals surface area contributed by atoms with E-state index < -0.39 is 23.8 Å². The minimum atomic E-state index is -0.726. The van der Waals surface area contributed by atoms with Crippen LogP contribution in [0.2, 0.25) is 0 Å². The predicted octanol–water partition coefficient (Wildman–Crippen LogP) is 1.49. The summed E-state index contributed by atoms with van der Waals surface area (Å²) in [5, 5.41) is 6.63. The van der Waals surface area contributed by atoms with Crippen LogP contribution in [-0.2, 0) is 16.5 Å². The molecule has 2 aromatic heterocycles. The van der Waals surface area contributed by atoms with Crippen molar-refractivity contribution < 1.29 is 28.7 Å². The lowest BCUT2D eigenvalue weighted by atomic mass is 10.1. The first-order valence-electron chi connectivity index (χ1n) is 8.34. The van der Waals surface area contributed by atoms with E-state index in [4.69, 9.17) is 15.2 Å². The molecule has 0 saturated carbocycles. The van der Waals surface area contributed by atoms with Gasteiger partial charge in [0.15, 0.2) is 5.69 Å². The molecule has 150 valence electrons. The summed E-state index contributed by atoms with van der Waals surface area (Å²) in [5.74, 6) is -2.70. The number of nitrogens with zero attached hydrogens (tertiary/aromatic N) is 2. The number of aryl methyl sites for hydroxylation is 1. The summed E-state index contributed by atoms with van der Waals surface area (Å²) >= 11 is 0.863. The minimum Gasteiger partial charge on any atom is -0.462 e. The number of primary amides is 1. The zero-order valence-electron chi connectivity index (χ0n) is 15.8. The average Bonchev–Trinajstić information content (AvgIpc) is 3.16. The van der Waals surface area contributed by atoms with Crippen LogP contribution in [-0.4, -0.2) is 46.7 Å². The summed E-state index contributed by atoms with van der Waals surface area (Å²) in [7, 11) is 1.49. The highest BCUT2D eigenvalue weighted by Crippen LogP contribution is 2.33. The van der Waals surface area contributed by atoms with Crippen molar-refractivity contribution in [3.8, 4) is 0 Å². The van der Waals surface area contributed by atoms with Crippen molar-refractivity contribution in [2.75, 3.05) is 18.5 Å². The summed E-state index contributed by atoms with van der Waals surface area (Å²) < 4.78 is 11.1. The van der Waals surface area contributed by atoms with E-state index >= 15 is 0 Å². The molecule has 0 fully saturated rings. The SMILES string of the molecule is CCOC(=O)c1c(NC(=O)c2cc(C(=O)OCC)n(C)n2)sc(C(N)=O)c1C. The number of esters is 2. The topological polar surface area (TPSA) is 143 Å². The molecule has 10 nitrogen and oxygen atoms in total. The highest BCUT2D eigenvalue weighted by atomic mass is 32.1. The number of thiophene rings is 1. The Bertz CT molecular complexity index is 946. The Hall–Kier alpha value is -3.21. The molecule has 2 aromatic rings. The number of hydrogen-bond acceptors (Lipinski definition) is 8. The molecule has 0 spiro atoms. The molecule has 28 heavy (non-hydrogen) atoms. The molecular formula is C17H20N4O6S. The van der Waals surface area contributed by atoms with Gasteiger partial charge >= 0.3 is 11.9 Å². The van der Waals surface area contributed by atoms with Gasteiger partial charge in [-0.25, -0.2) is 9.59 Å². The third-order valence-corrected chi connectivity index (χ3v) is 4.90. The van der Waals surface area contributed by atoms with Crippen molar-refractivity contribution in [2.45, 2.75) is 20.8 Å². The van der Waals surface area contributed by atoms with Crippen molar-refractivity contribution in [2.24, 2.45) is 12.8 Å². The number of carbonyl (C=O) groups is 4. The third kappa shape index (κ3) is 4.19. The number of rotatable bonds is 7. The van der Waals surface area contributed by atoms with Gasteiger partial charge in [0.05, 0.1) is 23.7 Å². The van der Waals surface area contributed by atoms with E-state index in [0.717, 1.165) is 11.3 Å². The van der Waals surface area contributed by atoms with Crippen LogP contribution < -0.4 is 11.1 Å². The van der Waals surface area contributed by atoms with Crippen LogP contribution in [0.4, 0.5) is 5.00 Å². The highest BCUT2D eigenvalue weighted by molar-refractivity contribution is 7.18. The van der Waals surface area contributed by atoms with Gasteiger partial charge in [-0.3, -0.25) is 14.3 Å². The first-order valence-corrected chi connectivity index (χ1v) is 9.15. The van der Waals surface area contributed by atoms with Crippen LogP contribution in [0.5, 0.6) is 0 Å². The van der Waals surface area contributed by atoms with Gasteiger partial charge in [0, 0.05) is 13.1 Å². The Balaban J connectivity index is 2.37. The van der Waals surface area contributed by atoms with E-state index in [1.54, 1.807) is 13.8 Å². The number of nitrogens with one attached hydrogen (secondary N) is 1. The third-order valence-electron chi connectivity index (χ3n) is 3.67. The molecule has 0 atom stereocenters. The largest absolute Gasteiger partial charge is 0.462 e. The Labute approximate surface area is 164 Å². The van der Waals surface area contributed by atoms with Crippen LogP contribution in [0.3, 0.4) is 0 Å². The van der Waals surface area contributed by atoms with Gasteiger partial charge < -0.3 is 20.5 Å². The summed E-state index contributed by atoms with van der Waals surface area (Å²) in [6.07, 6.45) is 0. The van der Waals surface area contributed by atoms with Crippen LogP contribution in [0, 0.1) is 6.92 Å². The average molecular weight is 408 g/mol. The summed E-state index contributed by atoms with van der Waals surface area (Å²) in [6, 6.07) is 1.27. The maximum absolute atomic E-state index is 12.6. The Morgan fingerprint density at radius 2 is 1.79 bits per heavy atom. The van der Waals surface area contributed by atoms with Gasteiger partial charge in [0.1, 0.15) is 10.7 Å².